The highest BCUT2D eigenvalue weighted by atomic mass is 32.2. The molecule has 9 heavy (non-hydrogen) atoms. The van der Waals surface area contributed by atoms with Crippen molar-refractivity contribution in [1.29, 1.82) is 0 Å². The average Bonchev–Trinajstić information content (AvgIpc) is 1.84. The van der Waals surface area contributed by atoms with Gasteiger partial charge in [-0.2, -0.15) is 25.3 Å². The fourth-order valence-corrected chi connectivity index (χ4v) is 0.691. The van der Waals surface area contributed by atoms with Crippen LogP contribution in [0.5, 0.6) is 0 Å². The van der Waals surface area contributed by atoms with Crippen molar-refractivity contribution in [2.45, 2.75) is 10.6 Å². The summed E-state index contributed by atoms with van der Waals surface area (Å²) >= 11 is 7.53. The van der Waals surface area contributed by atoms with Crippen LogP contribution in [0, 0.1) is 0 Å². The Hall–Kier alpha value is 0.290. The number of Topliss-reactive ketones (excluding diaryl/α,β-unsaturated/α-hetero) is 1. The van der Waals surface area contributed by atoms with Gasteiger partial charge in [-0.15, -0.1) is 0 Å². The smallest absolute Gasteiger partial charge is 0.173 e. The molecule has 0 spiro atoms. The number of rotatable bonds is 3. The monoisotopic (exact) mass is 166 g/mol. The summed E-state index contributed by atoms with van der Waals surface area (Å²) in [6.45, 7) is 0.149. The van der Waals surface area contributed by atoms with E-state index in [-0.39, 0.29) is 12.3 Å². The number of thiol groups is 2. The minimum Gasteiger partial charge on any atom is -0.328 e. The number of carbonyl (C=O) groups is 1. The molecule has 0 fully saturated rings. The Bertz CT molecular complexity index is 107. The molecular weight excluding hydrogens is 156 g/mol. The van der Waals surface area contributed by atoms with E-state index in [0.717, 1.165) is 0 Å². The lowest BCUT2D eigenvalue weighted by atomic mass is 10.2. The van der Waals surface area contributed by atoms with Crippen LogP contribution in [0.4, 0.5) is 0 Å². The van der Waals surface area contributed by atoms with E-state index in [0.29, 0.717) is 0 Å². The average molecular weight is 166 g/mol. The van der Waals surface area contributed by atoms with Crippen molar-refractivity contribution in [3.05, 3.63) is 0 Å². The second-order valence-corrected chi connectivity index (χ2v) is 3.06. The fraction of sp³-hybridized carbons (Fsp3) is 0.750. The maximum Gasteiger partial charge on any atom is 0.173 e. The summed E-state index contributed by atoms with van der Waals surface area (Å²) in [6, 6.07) is -0.620. The number of ketones is 1. The Morgan fingerprint density at radius 2 is 2.00 bits per heavy atom. The van der Waals surface area contributed by atoms with Crippen molar-refractivity contribution in [1.82, 2.24) is 0 Å². The van der Waals surface area contributed by atoms with Crippen molar-refractivity contribution in [2.75, 3.05) is 6.54 Å². The third kappa shape index (κ3) is 3.10. The highest BCUT2D eigenvalue weighted by molar-refractivity contribution is 8.00. The van der Waals surface area contributed by atoms with Gasteiger partial charge in [-0.1, -0.05) is 0 Å². The Morgan fingerprint density at radius 3 is 2.11 bits per heavy atom. The standard InChI is InChI=1S/C4H10N2OS2/c5-1-2(6)3(7)4(8)9/h2,4,8-9H,1,5-6H2. The maximum absolute atomic E-state index is 10.7. The Labute approximate surface area is 65.0 Å². The molecule has 0 aliphatic rings. The molecule has 0 aliphatic heterocycles. The van der Waals surface area contributed by atoms with Crippen molar-refractivity contribution in [3.63, 3.8) is 0 Å². The summed E-state index contributed by atoms with van der Waals surface area (Å²) in [5, 5.41) is 0. The van der Waals surface area contributed by atoms with Crippen LogP contribution in [0.3, 0.4) is 0 Å². The molecule has 0 heterocycles. The highest BCUT2D eigenvalue weighted by Gasteiger charge is 2.15. The summed E-state index contributed by atoms with van der Waals surface area (Å²) in [5.74, 6) is -0.232. The molecule has 4 N–H and O–H groups in total. The summed E-state index contributed by atoms with van der Waals surface area (Å²) in [5.41, 5.74) is 10.3. The highest BCUT2D eigenvalue weighted by Crippen LogP contribution is 2.02. The molecule has 1 atom stereocenters. The van der Waals surface area contributed by atoms with Crippen LogP contribution in [0.1, 0.15) is 0 Å². The van der Waals surface area contributed by atoms with E-state index in [1.165, 1.54) is 0 Å². The zero-order chi connectivity index (χ0) is 7.44. The van der Waals surface area contributed by atoms with E-state index in [2.05, 4.69) is 25.3 Å². The molecule has 0 aromatic heterocycles. The van der Waals surface area contributed by atoms with Gasteiger partial charge < -0.3 is 11.5 Å². The predicted octanol–water partition coefficient (Wildman–Crippen LogP) is -0.973. The first-order chi connectivity index (χ1) is 4.09. The number of hydrogen-bond donors (Lipinski definition) is 4. The van der Waals surface area contributed by atoms with E-state index in [1.54, 1.807) is 0 Å². The van der Waals surface area contributed by atoms with Crippen molar-refractivity contribution >= 4 is 31.0 Å². The third-order valence-electron chi connectivity index (χ3n) is 0.874. The molecular formula is C4H10N2OS2. The summed E-state index contributed by atoms with van der Waals surface area (Å²) in [6.07, 6.45) is 0. The van der Waals surface area contributed by atoms with Crippen LogP contribution in [0.2, 0.25) is 0 Å². The lowest BCUT2D eigenvalue weighted by molar-refractivity contribution is -0.118. The Balaban J connectivity index is 3.73. The molecule has 54 valence electrons. The predicted molar refractivity (Wildman–Crippen MR) is 43.8 cm³/mol. The molecule has 0 amide bonds. The summed E-state index contributed by atoms with van der Waals surface area (Å²) in [4.78, 5) is 10.7. The molecule has 0 aromatic rings. The van der Waals surface area contributed by atoms with Gasteiger partial charge in [0.2, 0.25) is 0 Å². The molecule has 0 aliphatic carbocycles. The van der Waals surface area contributed by atoms with Crippen molar-refractivity contribution < 1.29 is 4.79 Å². The molecule has 3 nitrogen and oxygen atoms in total. The van der Waals surface area contributed by atoms with Crippen LogP contribution < -0.4 is 11.5 Å². The lowest BCUT2D eigenvalue weighted by Crippen LogP contribution is -2.40. The van der Waals surface area contributed by atoms with Gasteiger partial charge in [0.05, 0.1) is 6.04 Å². The van der Waals surface area contributed by atoms with Crippen molar-refractivity contribution in [2.24, 2.45) is 11.5 Å². The zero-order valence-electron chi connectivity index (χ0n) is 4.82. The first-order valence-corrected chi connectivity index (χ1v) is 3.48. The fourth-order valence-electron chi connectivity index (χ4n) is 0.308. The first-order valence-electron chi connectivity index (χ1n) is 2.45. The zero-order valence-corrected chi connectivity index (χ0v) is 6.61. The molecule has 0 bridgehead atoms. The van der Waals surface area contributed by atoms with E-state index in [4.69, 9.17) is 11.5 Å². The summed E-state index contributed by atoms with van der Waals surface area (Å²) in [7, 11) is 0. The molecule has 0 saturated carbocycles. The van der Waals surface area contributed by atoms with Gasteiger partial charge in [0.25, 0.3) is 0 Å². The Kier molecular flexibility index (Phi) is 4.29. The number of nitrogens with two attached hydrogens (primary N) is 2. The van der Waals surface area contributed by atoms with Crippen LogP contribution in [-0.4, -0.2) is 23.0 Å². The number of carbonyl (C=O) groups excluding carboxylic acids is 1. The van der Waals surface area contributed by atoms with Gasteiger partial charge in [0.15, 0.2) is 5.78 Å². The van der Waals surface area contributed by atoms with E-state index in [1.807, 2.05) is 0 Å². The van der Waals surface area contributed by atoms with E-state index >= 15 is 0 Å². The van der Waals surface area contributed by atoms with Crippen LogP contribution in [-0.2, 0) is 4.79 Å². The molecule has 1 unspecified atom stereocenters. The largest absolute Gasteiger partial charge is 0.328 e. The van der Waals surface area contributed by atoms with Gasteiger partial charge in [0.1, 0.15) is 4.58 Å². The SMILES string of the molecule is NCC(N)C(=O)C(S)S. The van der Waals surface area contributed by atoms with Gasteiger partial charge in [-0.25, -0.2) is 0 Å². The second-order valence-electron chi connectivity index (χ2n) is 1.62. The minimum absolute atomic E-state index is 0.149. The van der Waals surface area contributed by atoms with Crippen molar-refractivity contribution in [3.8, 4) is 0 Å². The first kappa shape index (κ1) is 9.29. The molecule has 0 aromatic carbocycles. The van der Waals surface area contributed by atoms with E-state index in [9.17, 15) is 4.79 Å². The molecule has 0 radical (unpaired) electrons. The lowest BCUT2D eigenvalue weighted by Gasteiger charge is -2.07. The molecule has 0 rings (SSSR count). The molecule has 5 heteroatoms. The normalized spacial score (nSPS) is 13.9. The molecule has 0 saturated heterocycles. The van der Waals surface area contributed by atoms with Crippen LogP contribution in [0.15, 0.2) is 0 Å². The Morgan fingerprint density at radius 1 is 1.56 bits per heavy atom. The minimum atomic E-state index is -0.620. The van der Waals surface area contributed by atoms with Gasteiger partial charge >= 0.3 is 0 Å². The van der Waals surface area contributed by atoms with E-state index < -0.39 is 10.6 Å². The quantitative estimate of drug-likeness (QED) is 0.322. The maximum atomic E-state index is 10.7. The van der Waals surface area contributed by atoms with Gasteiger partial charge in [0, 0.05) is 6.54 Å². The third-order valence-corrected chi connectivity index (χ3v) is 1.38. The second kappa shape index (κ2) is 4.16. The van der Waals surface area contributed by atoms with Crippen LogP contribution in [0.25, 0.3) is 0 Å². The number of hydrogen-bond acceptors (Lipinski definition) is 5. The van der Waals surface area contributed by atoms with Gasteiger partial charge in [-0.3, -0.25) is 4.79 Å². The summed E-state index contributed by atoms with van der Waals surface area (Å²) < 4.78 is -0.608. The van der Waals surface area contributed by atoms with Crippen LogP contribution >= 0.6 is 25.3 Å². The van der Waals surface area contributed by atoms with Gasteiger partial charge in [-0.05, 0) is 0 Å². The topological polar surface area (TPSA) is 69.1 Å².